The van der Waals surface area contributed by atoms with E-state index in [9.17, 15) is 14.4 Å². The maximum absolute atomic E-state index is 12.4. The predicted molar refractivity (Wildman–Crippen MR) is 103 cm³/mol. The normalized spacial score (nSPS) is 15.7. The summed E-state index contributed by atoms with van der Waals surface area (Å²) in [6, 6.07) is 12.7. The second-order valence-corrected chi connectivity index (χ2v) is 6.86. The van der Waals surface area contributed by atoms with Crippen molar-refractivity contribution in [3.8, 4) is 0 Å². The molecule has 4 rings (SSSR count). The molecule has 27 heavy (non-hydrogen) atoms. The monoisotopic (exact) mass is 364 g/mol. The summed E-state index contributed by atoms with van der Waals surface area (Å²) in [5.41, 5.74) is 8.00. The van der Waals surface area contributed by atoms with Crippen molar-refractivity contribution in [1.82, 2.24) is 14.9 Å². The van der Waals surface area contributed by atoms with Crippen LogP contribution in [0.1, 0.15) is 21.5 Å². The lowest BCUT2D eigenvalue weighted by atomic mass is 9.93. The van der Waals surface area contributed by atoms with Crippen LogP contribution in [-0.2, 0) is 19.5 Å². The van der Waals surface area contributed by atoms with Crippen LogP contribution in [0, 0.1) is 5.92 Å². The topological polar surface area (TPSA) is 110 Å². The minimum absolute atomic E-state index is 0.0685. The molecular weight excluding hydrogens is 344 g/mol. The molecule has 7 nitrogen and oxygen atoms in total. The lowest BCUT2D eigenvalue weighted by molar-refractivity contribution is 0.0945. The molecule has 2 heterocycles. The van der Waals surface area contributed by atoms with Crippen LogP contribution in [0.3, 0.4) is 0 Å². The van der Waals surface area contributed by atoms with E-state index in [1.165, 1.54) is 0 Å². The Morgan fingerprint density at radius 1 is 1.19 bits per heavy atom. The van der Waals surface area contributed by atoms with E-state index >= 15 is 0 Å². The fourth-order valence-corrected chi connectivity index (χ4v) is 3.67. The Balaban J connectivity index is 1.52. The van der Waals surface area contributed by atoms with Gasteiger partial charge in [-0.15, -0.1) is 0 Å². The molecule has 1 atom stereocenters. The number of aromatic amines is 1. The van der Waals surface area contributed by atoms with Gasteiger partial charge in [-0.2, -0.15) is 0 Å². The van der Waals surface area contributed by atoms with Crippen molar-refractivity contribution in [1.29, 1.82) is 0 Å². The molecule has 0 fully saturated rings. The minimum Gasteiger partial charge on any atom is -0.352 e. The van der Waals surface area contributed by atoms with Crippen molar-refractivity contribution in [2.75, 3.05) is 6.54 Å². The lowest BCUT2D eigenvalue weighted by Gasteiger charge is -2.26. The molecule has 1 amide bonds. The van der Waals surface area contributed by atoms with Crippen LogP contribution in [0.5, 0.6) is 0 Å². The molecule has 1 aliphatic heterocycles. The van der Waals surface area contributed by atoms with Gasteiger partial charge >= 0.3 is 5.69 Å². The first-order valence-electron chi connectivity index (χ1n) is 8.88. The lowest BCUT2D eigenvalue weighted by Crippen LogP contribution is -2.39. The average molecular weight is 364 g/mol. The first-order valence-corrected chi connectivity index (χ1v) is 8.88. The van der Waals surface area contributed by atoms with E-state index in [0.717, 1.165) is 11.1 Å². The van der Waals surface area contributed by atoms with Crippen LogP contribution in [0.15, 0.2) is 52.1 Å². The first-order chi connectivity index (χ1) is 13.1. The van der Waals surface area contributed by atoms with E-state index < -0.39 is 5.69 Å². The van der Waals surface area contributed by atoms with Crippen molar-refractivity contribution in [3.63, 3.8) is 0 Å². The third-order valence-electron chi connectivity index (χ3n) is 5.05. The van der Waals surface area contributed by atoms with Crippen molar-refractivity contribution >= 4 is 16.8 Å². The molecule has 3 aromatic rings. The maximum atomic E-state index is 12.4. The van der Waals surface area contributed by atoms with Crippen LogP contribution < -0.4 is 22.3 Å². The third-order valence-corrected chi connectivity index (χ3v) is 5.05. The van der Waals surface area contributed by atoms with Gasteiger partial charge in [0.2, 0.25) is 0 Å². The molecule has 7 heteroatoms. The summed E-state index contributed by atoms with van der Waals surface area (Å²) in [5.74, 6) is -0.0876. The van der Waals surface area contributed by atoms with Gasteiger partial charge in [0, 0.05) is 25.2 Å². The number of rotatable bonds is 4. The SMILES string of the molecule is NCc1ccc(C(=O)NCC2Cc3cccc4c(=O)[nH]c(=O)n(c34)C2)cc1. The zero-order valence-corrected chi connectivity index (χ0v) is 14.7. The van der Waals surface area contributed by atoms with Gasteiger partial charge in [-0.05, 0) is 41.7 Å². The molecule has 0 radical (unpaired) electrons. The quantitative estimate of drug-likeness (QED) is 0.634. The molecule has 1 unspecified atom stereocenters. The summed E-state index contributed by atoms with van der Waals surface area (Å²) in [7, 11) is 0. The summed E-state index contributed by atoms with van der Waals surface area (Å²) in [4.78, 5) is 39.0. The zero-order chi connectivity index (χ0) is 19.0. The number of nitrogens with zero attached hydrogens (tertiary/aromatic N) is 1. The molecule has 0 aliphatic carbocycles. The van der Waals surface area contributed by atoms with E-state index in [1.54, 1.807) is 22.8 Å². The number of para-hydroxylation sites is 1. The van der Waals surface area contributed by atoms with Crippen LogP contribution in [0.25, 0.3) is 10.9 Å². The number of hydrogen-bond donors (Lipinski definition) is 3. The zero-order valence-electron chi connectivity index (χ0n) is 14.7. The predicted octanol–water partition coefficient (Wildman–Crippen LogP) is 0.751. The van der Waals surface area contributed by atoms with Crippen LogP contribution >= 0.6 is 0 Å². The number of nitrogens with two attached hydrogens (primary N) is 1. The molecule has 1 aromatic heterocycles. The van der Waals surface area contributed by atoms with E-state index in [4.69, 9.17) is 5.73 Å². The van der Waals surface area contributed by atoms with Crippen LogP contribution in [0.4, 0.5) is 0 Å². The third kappa shape index (κ3) is 3.17. The standard InChI is InChI=1S/C20H20N4O3/c21-9-12-4-6-14(7-5-12)18(25)22-10-13-8-15-2-1-3-16-17(15)24(11-13)20(27)23-19(16)26/h1-7,13H,8-11,21H2,(H,22,25)(H,23,26,27). The highest BCUT2D eigenvalue weighted by Crippen LogP contribution is 2.24. The van der Waals surface area contributed by atoms with E-state index in [-0.39, 0.29) is 17.4 Å². The summed E-state index contributed by atoms with van der Waals surface area (Å²) >= 11 is 0. The first kappa shape index (κ1) is 17.2. The molecule has 0 saturated carbocycles. The Morgan fingerprint density at radius 3 is 2.70 bits per heavy atom. The number of hydrogen-bond acceptors (Lipinski definition) is 4. The van der Waals surface area contributed by atoms with Crippen molar-refractivity contribution in [3.05, 3.63) is 80.0 Å². The smallest absolute Gasteiger partial charge is 0.328 e. The number of carbonyl (C=O) groups excluding carboxylic acids is 1. The molecule has 4 N–H and O–H groups in total. The maximum Gasteiger partial charge on any atom is 0.328 e. The number of carbonyl (C=O) groups is 1. The van der Waals surface area contributed by atoms with E-state index in [1.807, 2.05) is 24.3 Å². The van der Waals surface area contributed by atoms with Gasteiger partial charge in [-0.1, -0.05) is 24.3 Å². The number of benzene rings is 2. The minimum atomic E-state index is -0.409. The van der Waals surface area contributed by atoms with Gasteiger partial charge in [-0.3, -0.25) is 19.1 Å². The number of aromatic nitrogens is 2. The van der Waals surface area contributed by atoms with Gasteiger partial charge < -0.3 is 11.1 Å². The Kier molecular flexibility index (Phi) is 4.37. The van der Waals surface area contributed by atoms with E-state index in [2.05, 4.69) is 10.3 Å². The Hall–Kier alpha value is -3.19. The molecule has 0 bridgehead atoms. The van der Waals surface area contributed by atoms with Gasteiger partial charge in [0.15, 0.2) is 0 Å². The number of nitrogens with one attached hydrogen (secondary N) is 2. The summed E-state index contributed by atoms with van der Waals surface area (Å²) < 4.78 is 1.60. The van der Waals surface area contributed by atoms with E-state index in [0.29, 0.717) is 42.5 Å². The average Bonchev–Trinajstić information content (AvgIpc) is 2.70. The van der Waals surface area contributed by atoms with Crippen LogP contribution in [-0.4, -0.2) is 22.0 Å². The van der Waals surface area contributed by atoms with Gasteiger partial charge in [0.05, 0.1) is 10.9 Å². The second kappa shape index (κ2) is 6.85. The Bertz CT molecular complexity index is 1130. The summed E-state index contributed by atoms with van der Waals surface area (Å²) in [5, 5.41) is 3.47. The molecule has 0 saturated heterocycles. The van der Waals surface area contributed by atoms with Crippen molar-refractivity contribution in [2.45, 2.75) is 19.5 Å². The molecular formula is C20H20N4O3. The van der Waals surface area contributed by atoms with Gasteiger partial charge in [0.1, 0.15) is 0 Å². The Labute approximate surface area is 154 Å². The van der Waals surface area contributed by atoms with Crippen molar-refractivity contribution in [2.24, 2.45) is 11.7 Å². The Morgan fingerprint density at radius 2 is 1.96 bits per heavy atom. The van der Waals surface area contributed by atoms with Gasteiger partial charge in [0.25, 0.3) is 11.5 Å². The molecule has 0 spiro atoms. The number of H-pyrrole nitrogens is 1. The fourth-order valence-electron chi connectivity index (χ4n) is 3.67. The van der Waals surface area contributed by atoms with Crippen LogP contribution in [0.2, 0.25) is 0 Å². The summed E-state index contributed by atoms with van der Waals surface area (Å²) in [6.45, 7) is 1.33. The molecule has 1 aliphatic rings. The highest BCUT2D eigenvalue weighted by molar-refractivity contribution is 5.94. The highest BCUT2D eigenvalue weighted by atomic mass is 16.2. The van der Waals surface area contributed by atoms with Crippen molar-refractivity contribution < 1.29 is 4.79 Å². The number of amides is 1. The van der Waals surface area contributed by atoms with Gasteiger partial charge in [-0.25, -0.2) is 4.79 Å². The highest BCUT2D eigenvalue weighted by Gasteiger charge is 2.23. The largest absolute Gasteiger partial charge is 0.352 e. The fraction of sp³-hybridized carbons (Fsp3) is 0.250. The molecule has 2 aromatic carbocycles. The molecule has 138 valence electrons. The second-order valence-electron chi connectivity index (χ2n) is 6.86. The summed E-state index contributed by atoms with van der Waals surface area (Å²) in [6.07, 6.45) is 0.701.